The third kappa shape index (κ3) is 4.15. The summed E-state index contributed by atoms with van der Waals surface area (Å²) in [6, 6.07) is 1.84. The molecular formula is C8H10NO2. The highest BCUT2D eigenvalue weighted by molar-refractivity contribution is 5.73. The topological polar surface area (TPSA) is 50.1 Å². The Balaban J connectivity index is 3.65. The predicted molar refractivity (Wildman–Crippen MR) is 40.2 cm³/mol. The van der Waals surface area contributed by atoms with Crippen molar-refractivity contribution < 1.29 is 9.53 Å². The minimum absolute atomic E-state index is 0.0932. The second kappa shape index (κ2) is 5.48. The van der Waals surface area contributed by atoms with Crippen molar-refractivity contribution in [3.05, 3.63) is 19.6 Å². The highest BCUT2D eigenvalue weighted by Crippen LogP contribution is 2.01. The summed E-state index contributed by atoms with van der Waals surface area (Å²) in [5.41, 5.74) is 0. The van der Waals surface area contributed by atoms with E-state index < -0.39 is 11.9 Å². The normalized spacial score (nSPS) is 11.3. The number of nitriles is 1. The summed E-state index contributed by atoms with van der Waals surface area (Å²) in [5, 5.41) is 8.19. The summed E-state index contributed by atoms with van der Waals surface area (Å²) in [7, 11) is 0. The van der Waals surface area contributed by atoms with Gasteiger partial charge in [0.2, 0.25) is 0 Å². The average molecular weight is 152 g/mol. The zero-order valence-corrected chi connectivity index (χ0v) is 6.25. The molecule has 0 amide bonds. The maximum absolute atomic E-state index is 10.8. The molecule has 1 unspecified atom stereocenters. The molecule has 0 aromatic rings. The molecular weight excluding hydrogens is 142 g/mol. The second-order valence-electron chi connectivity index (χ2n) is 1.98. The molecule has 0 aliphatic heterocycles. The van der Waals surface area contributed by atoms with E-state index >= 15 is 0 Å². The molecule has 0 spiro atoms. The van der Waals surface area contributed by atoms with Crippen LogP contribution in [0.15, 0.2) is 12.7 Å². The number of esters is 1. The predicted octanol–water partition coefficient (Wildman–Crippen LogP) is 1.08. The van der Waals surface area contributed by atoms with Crippen LogP contribution in [0.5, 0.6) is 0 Å². The number of carbonyl (C=O) groups excluding carboxylic acids is 1. The van der Waals surface area contributed by atoms with Gasteiger partial charge in [-0.1, -0.05) is 12.7 Å². The largest absolute Gasteiger partial charge is 0.461 e. The number of nitrogens with zero attached hydrogens (tertiary/aromatic N) is 1. The van der Waals surface area contributed by atoms with E-state index in [0.29, 0.717) is 0 Å². The fourth-order valence-corrected chi connectivity index (χ4v) is 0.452. The van der Waals surface area contributed by atoms with Crippen molar-refractivity contribution in [2.45, 2.75) is 6.42 Å². The lowest BCUT2D eigenvalue weighted by Gasteiger charge is -2.04. The summed E-state index contributed by atoms with van der Waals surface area (Å²) in [5.74, 6) is -1.04. The molecule has 0 aliphatic rings. The molecule has 0 rings (SSSR count). The van der Waals surface area contributed by atoms with Crippen molar-refractivity contribution in [2.24, 2.45) is 5.92 Å². The molecule has 3 heteroatoms. The first-order valence-electron chi connectivity index (χ1n) is 3.20. The molecule has 0 heterocycles. The Kier molecular flexibility index (Phi) is 4.83. The molecule has 11 heavy (non-hydrogen) atoms. The van der Waals surface area contributed by atoms with Gasteiger partial charge in [0.15, 0.2) is 0 Å². The first kappa shape index (κ1) is 9.70. The van der Waals surface area contributed by atoms with Crippen LogP contribution in [0.4, 0.5) is 0 Å². The molecule has 0 bridgehead atoms. The van der Waals surface area contributed by atoms with Crippen LogP contribution in [0.2, 0.25) is 0 Å². The molecule has 1 radical (unpaired) electrons. The van der Waals surface area contributed by atoms with E-state index in [9.17, 15) is 4.79 Å². The molecule has 0 aliphatic carbocycles. The van der Waals surface area contributed by atoms with E-state index in [1.807, 2.05) is 6.07 Å². The van der Waals surface area contributed by atoms with Gasteiger partial charge >= 0.3 is 5.97 Å². The smallest absolute Gasteiger partial charge is 0.310 e. The van der Waals surface area contributed by atoms with E-state index in [-0.39, 0.29) is 13.0 Å². The van der Waals surface area contributed by atoms with Gasteiger partial charge in [-0.15, -0.1) is 0 Å². The fourth-order valence-electron chi connectivity index (χ4n) is 0.452. The number of rotatable bonds is 4. The third-order valence-corrected chi connectivity index (χ3v) is 1.01. The van der Waals surface area contributed by atoms with E-state index in [1.165, 1.54) is 6.08 Å². The molecule has 0 N–H and O–H groups in total. The summed E-state index contributed by atoms with van der Waals surface area (Å²) in [6.45, 7) is 7.00. The summed E-state index contributed by atoms with van der Waals surface area (Å²) >= 11 is 0. The molecule has 3 nitrogen and oxygen atoms in total. The van der Waals surface area contributed by atoms with Gasteiger partial charge in [-0.25, -0.2) is 0 Å². The molecule has 59 valence electrons. The van der Waals surface area contributed by atoms with Gasteiger partial charge in [0, 0.05) is 6.42 Å². The maximum atomic E-state index is 10.8. The Morgan fingerprint density at radius 1 is 1.82 bits per heavy atom. The highest BCUT2D eigenvalue weighted by atomic mass is 16.5. The van der Waals surface area contributed by atoms with Crippen LogP contribution in [0.25, 0.3) is 0 Å². The minimum Gasteiger partial charge on any atom is -0.461 e. The van der Waals surface area contributed by atoms with Crippen LogP contribution in [0.1, 0.15) is 6.42 Å². The van der Waals surface area contributed by atoms with Gasteiger partial charge in [0.05, 0.1) is 12.0 Å². The van der Waals surface area contributed by atoms with Crippen molar-refractivity contribution in [1.82, 2.24) is 0 Å². The first-order chi connectivity index (χ1) is 5.22. The SMILES string of the molecule is [CH2]C(CC#N)C(=O)OCC=C. The van der Waals surface area contributed by atoms with E-state index in [0.717, 1.165) is 0 Å². The lowest BCUT2D eigenvalue weighted by Crippen LogP contribution is -2.14. The number of hydrogen-bond acceptors (Lipinski definition) is 3. The Morgan fingerprint density at radius 2 is 2.45 bits per heavy atom. The third-order valence-electron chi connectivity index (χ3n) is 1.01. The monoisotopic (exact) mass is 152 g/mol. The Hall–Kier alpha value is -1.30. The van der Waals surface area contributed by atoms with Crippen LogP contribution < -0.4 is 0 Å². The van der Waals surface area contributed by atoms with Gasteiger partial charge in [-0.05, 0) is 6.92 Å². The minimum atomic E-state index is -0.583. The van der Waals surface area contributed by atoms with Crippen molar-refractivity contribution in [3.63, 3.8) is 0 Å². The number of carbonyl (C=O) groups is 1. The number of hydrogen-bond donors (Lipinski definition) is 0. The lowest BCUT2D eigenvalue weighted by molar-refractivity contribution is -0.145. The van der Waals surface area contributed by atoms with Crippen LogP contribution in [0, 0.1) is 24.2 Å². The van der Waals surface area contributed by atoms with Crippen LogP contribution in [0.3, 0.4) is 0 Å². The van der Waals surface area contributed by atoms with Crippen molar-refractivity contribution in [3.8, 4) is 6.07 Å². The molecule has 0 aromatic carbocycles. The first-order valence-corrected chi connectivity index (χ1v) is 3.20. The summed E-state index contributed by atoms with van der Waals surface area (Å²) in [4.78, 5) is 10.8. The Morgan fingerprint density at radius 3 is 2.91 bits per heavy atom. The zero-order valence-electron chi connectivity index (χ0n) is 6.25. The van der Waals surface area contributed by atoms with E-state index in [1.54, 1.807) is 0 Å². The standard InChI is InChI=1S/C8H10NO2/c1-3-6-11-8(10)7(2)4-5-9/h3,7H,1-2,4,6H2. The van der Waals surface area contributed by atoms with Gasteiger partial charge in [-0.2, -0.15) is 5.26 Å². The van der Waals surface area contributed by atoms with Crippen molar-refractivity contribution in [2.75, 3.05) is 6.61 Å². The molecule has 0 saturated carbocycles. The Bertz CT molecular complexity index is 181. The average Bonchev–Trinajstić information content (AvgIpc) is 2.00. The van der Waals surface area contributed by atoms with Crippen LogP contribution in [-0.2, 0) is 9.53 Å². The van der Waals surface area contributed by atoms with Crippen molar-refractivity contribution in [1.29, 1.82) is 5.26 Å². The van der Waals surface area contributed by atoms with Crippen molar-refractivity contribution >= 4 is 5.97 Å². The summed E-state index contributed by atoms with van der Waals surface area (Å²) in [6.07, 6.45) is 1.56. The number of ether oxygens (including phenoxy) is 1. The van der Waals surface area contributed by atoms with Gasteiger partial charge < -0.3 is 4.74 Å². The van der Waals surface area contributed by atoms with E-state index in [4.69, 9.17) is 5.26 Å². The molecule has 0 fully saturated rings. The van der Waals surface area contributed by atoms with Gasteiger partial charge in [0.1, 0.15) is 6.61 Å². The summed E-state index contributed by atoms with van der Waals surface area (Å²) < 4.78 is 4.63. The second-order valence-corrected chi connectivity index (χ2v) is 1.98. The lowest BCUT2D eigenvalue weighted by atomic mass is 10.1. The zero-order chi connectivity index (χ0) is 8.69. The van der Waals surface area contributed by atoms with Gasteiger partial charge in [0.25, 0.3) is 0 Å². The molecule has 0 saturated heterocycles. The highest BCUT2D eigenvalue weighted by Gasteiger charge is 2.12. The molecule has 0 aromatic heterocycles. The molecule has 1 atom stereocenters. The van der Waals surface area contributed by atoms with Crippen LogP contribution >= 0.6 is 0 Å². The fraction of sp³-hybridized carbons (Fsp3) is 0.375. The van der Waals surface area contributed by atoms with E-state index in [2.05, 4.69) is 18.2 Å². The Labute approximate surface area is 66.3 Å². The quantitative estimate of drug-likeness (QED) is 0.447. The maximum Gasteiger partial charge on any atom is 0.310 e. The van der Waals surface area contributed by atoms with Gasteiger partial charge in [-0.3, -0.25) is 4.79 Å². The van der Waals surface area contributed by atoms with Crippen LogP contribution in [-0.4, -0.2) is 12.6 Å².